The van der Waals surface area contributed by atoms with Crippen LogP contribution in [-0.2, 0) is 17.9 Å². The van der Waals surface area contributed by atoms with Gasteiger partial charge in [0.2, 0.25) is 0 Å². The van der Waals surface area contributed by atoms with Gasteiger partial charge in [-0.05, 0) is 37.2 Å². The highest BCUT2D eigenvalue weighted by molar-refractivity contribution is 6.30. The molecule has 1 aromatic heterocycles. The maximum atomic E-state index is 11.0. The molecule has 0 aliphatic heterocycles. The van der Waals surface area contributed by atoms with Crippen molar-refractivity contribution in [1.82, 2.24) is 9.88 Å². The first-order valence-corrected chi connectivity index (χ1v) is 8.20. The number of nitrogens with zero attached hydrogens (tertiary/aromatic N) is 2. The molecule has 6 heteroatoms. The number of benzene rings is 1. The lowest BCUT2D eigenvalue weighted by atomic mass is 10.1. The molecule has 1 heterocycles. The molecular formula is C18H21ClN2O3. The molecule has 1 N–H and O–H groups in total. The van der Waals surface area contributed by atoms with Crippen LogP contribution in [0.4, 0.5) is 0 Å². The number of rotatable bonds is 9. The van der Waals surface area contributed by atoms with E-state index in [2.05, 4.69) is 4.98 Å². The standard InChI is InChI=1S/C18H21ClN2O3/c1-2-8-21(12-18(22)23)11-15-9-16(19)5-6-17(15)24-13-14-4-3-7-20-10-14/h3-7,9-10H,2,8,11-13H2,1H3,(H,22,23). The molecule has 0 atom stereocenters. The van der Waals surface area contributed by atoms with Crippen LogP contribution in [0.2, 0.25) is 5.02 Å². The summed E-state index contributed by atoms with van der Waals surface area (Å²) in [6, 6.07) is 9.21. The average Bonchev–Trinajstić information content (AvgIpc) is 2.55. The summed E-state index contributed by atoms with van der Waals surface area (Å²) >= 11 is 6.10. The molecule has 0 aliphatic carbocycles. The summed E-state index contributed by atoms with van der Waals surface area (Å²) in [5, 5.41) is 9.66. The summed E-state index contributed by atoms with van der Waals surface area (Å²) in [7, 11) is 0. The number of hydrogen-bond donors (Lipinski definition) is 1. The first-order valence-electron chi connectivity index (χ1n) is 7.82. The molecule has 2 aromatic rings. The second-order valence-corrected chi connectivity index (χ2v) is 5.94. The maximum absolute atomic E-state index is 11.0. The lowest BCUT2D eigenvalue weighted by Gasteiger charge is -2.21. The number of aromatic nitrogens is 1. The molecule has 0 aliphatic rings. The van der Waals surface area contributed by atoms with Gasteiger partial charge < -0.3 is 9.84 Å². The van der Waals surface area contributed by atoms with Crippen molar-refractivity contribution in [2.75, 3.05) is 13.1 Å². The van der Waals surface area contributed by atoms with E-state index < -0.39 is 5.97 Å². The first-order chi connectivity index (χ1) is 11.6. The van der Waals surface area contributed by atoms with Crippen molar-refractivity contribution in [3.63, 3.8) is 0 Å². The van der Waals surface area contributed by atoms with E-state index in [1.54, 1.807) is 18.5 Å². The third kappa shape index (κ3) is 5.83. The highest BCUT2D eigenvalue weighted by Crippen LogP contribution is 2.25. The SMILES string of the molecule is CCCN(CC(=O)O)Cc1cc(Cl)ccc1OCc1cccnc1. The van der Waals surface area contributed by atoms with E-state index in [9.17, 15) is 4.79 Å². The molecule has 0 radical (unpaired) electrons. The van der Waals surface area contributed by atoms with Crippen LogP contribution in [0.25, 0.3) is 0 Å². The van der Waals surface area contributed by atoms with Gasteiger partial charge in [0.25, 0.3) is 0 Å². The van der Waals surface area contributed by atoms with Gasteiger partial charge in [-0.1, -0.05) is 24.6 Å². The van der Waals surface area contributed by atoms with Crippen LogP contribution in [0, 0.1) is 0 Å². The molecule has 0 spiro atoms. The number of ether oxygens (including phenoxy) is 1. The fraction of sp³-hybridized carbons (Fsp3) is 0.333. The first kappa shape index (κ1) is 18.2. The topological polar surface area (TPSA) is 62.7 Å². The van der Waals surface area contributed by atoms with Gasteiger partial charge in [-0.3, -0.25) is 14.7 Å². The molecule has 1 aromatic carbocycles. The zero-order valence-corrected chi connectivity index (χ0v) is 14.4. The van der Waals surface area contributed by atoms with Crippen molar-refractivity contribution in [2.24, 2.45) is 0 Å². The molecule has 128 valence electrons. The largest absolute Gasteiger partial charge is 0.489 e. The molecule has 24 heavy (non-hydrogen) atoms. The van der Waals surface area contributed by atoms with Crippen molar-refractivity contribution >= 4 is 17.6 Å². The third-order valence-electron chi connectivity index (χ3n) is 3.43. The van der Waals surface area contributed by atoms with Gasteiger partial charge in [0, 0.05) is 35.1 Å². The molecule has 0 saturated heterocycles. The minimum Gasteiger partial charge on any atom is -0.489 e. The summed E-state index contributed by atoms with van der Waals surface area (Å²) < 4.78 is 5.89. The van der Waals surface area contributed by atoms with Crippen LogP contribution in [0.15, 0.2) is 42.7 Å². The van der Waals surface area contributed by atoms with Crippen molar-refractivity contribution in [3.8, 4) is 5.75 Å². The zero-order chi connectivity index (χ0) is 17.4. The van der Waals surface area contributed by atoms with E-state index >= 15 is 0 Å². The Morgan fingerprint density at radius 2 is 2.21 bits per heavy atom. The van der Waals surface area contributed by atoms with Crippen molar-refractivity contribution in [3.05, 3.63) is 58.9 Å². The van der Waals surface area contributed by atoms with Gasteiger partial charge in [0.15, 0.2) is 0 Å². The van der Waals surface area contributed by atoms with Gasteiger partial charge >= 0.3 is 5.97 Å². The molecule has 0 amide bonds. The quantitative estimate of drug-likeness (QED) is 0.750. The molecular weight excluding hydrogens is 328 g/mol. The van der Waals surface area contributed by atoms with Crippen molar-refractivity contribution < 1.29 is 14.6 Å². The second kappa shape index (κ2) is 9.25. The summed E-state index contributed by atoms with van der Waals surface area (Å²) in [6.45, 7) is 3.58. The van der Waals surface area contributed by atoms with Crippen molar-refractivity contribution in [2.45, 2.75) is 26.5 Å². The van der Waals surface area contributed by atoms with E-state index in [4.69, 9.17) is 21.4 Å². The Hall–Kier alpha value is -2.11. The summed E-state index contributed by atoms with van der Waals surface area (Å²) in [5.74, 6) is -0.141. The Balaban J connectivity index is 2.12. The fourth-order valence-electron chi connectivity index (χ4n) is 2.42. The Morgan fingerprint density at radius 1 is 1.38 bits per heavy atom. The number of carboxylic acid groups (broad SMARTS) is 1. The van der Waals surface area contributed by atoms with Crippen LogP contribution in [0.1, 0.15) is 24.5 Å². The van der Waals surface area contributed by atoms with Gasteiger partial charge in [-0.25, -0.2) is 0 Å². The van der Waals surface area contributed by atoms with E-state index in [1.807, 2.05) is 36.1 Å². The number of carbonyl (C=O) groups is 1. The summed E-state index contributed by atoms with van der Waals surface area (Å²) in [5.41, 5.74) is 1.84. The molecule has 2 rings (SSSR count). The predicted molar refractivity (Wildman–Crippen MR) is 93.2 cm³/mol. The summed E-state index contributed by atoms with van der Waals surface area (Å²) in [6.07, 6.45) is 4.34. The third-order valence-corrected chi connectivity index (χ3v) is 3.67. The van der Waals surface area contributed by atoms with Gasteiger partial charge in [0.05, 0.1) is 6.54 Å². The smallest absolute Gasteiger partial charge is 0.317 e. The van der Waals surface area contributed by atoms with E-state index in [0.717, 1.165) is 17.5 Å². The Bertz CT molecular complexity index is 665. The van der Waals surface area contributed by atoms with Crippen LogP contribution < -0.4 is 4.74 Å². The van der Waals surface area contributed by atoms with Crippen LogP contribution in [0.5, 0.6) is 5.75 Å². The van der Waals surface area contributed by atoms with E-state index in [-0.39, 0.29) is 6.54 Å². The minimum absolute atomic E-state index is 0.0115. The lowest BCUT2D eigenvalue weighted by molar-refractivity contribution is -0.138. The van der Waals surface area contributed by atoms with Gasteiger partial charge in [-0.2, -0.15) is 0 Å². The van der Waals surface area contributed by atoms with Crippen LogP contribution in [-0.4, -0.2) is 34.0 Å². The van der Waals surface area contributed by atoms with Gasteiger partial charge in [-0.15, -0.1) is 0 Å². The number of hydrogen-bond acceptors (Lipinski definition) is 4. The number of aliphatic carboxylic acids is 1. The van der Waals surface area contributed by atoms with Crippen LogP contribution in [0.3, 0.4) is 0 Å². The Morgan fingerprint density at radius 3 is 2.88 bits per heavy atom. The number of pyridine rings is 1. The minimum atomic E-state index is -0.844. The molecule has 0 fully saturated rings. The second-order valence-electron chi connectivity index (χ2n) is 5.51. The summed E-state index contributed by atoms with van der Waals surface area (Å²) in [4.78, 5) is 17.0. The average molecular weight is 349 g/mol. The highest BCUT2D eigenvalue weighted by atomic mass is 35.5. The van der Waals surface area contributed by atoms with Crippen molar-refractivity contribution in [1.29, 1.82) is 0 Å². The van der Waals surface area contributed by atoms with E-state index in [0.29, 0.717) is 30.5 Å². The normalized spacial score (nSPS) is 10.8. The maximum Gasteiger partial charge on any atom is 0.317 e. The molecule has 0 saturated carbocycles. The molecule has 0 bridgehead atoms. The lowest BCUT2D eigenvalue weighted by Crippen LogP contribution is -2.30. The zero-order valence-electron chi connectivity index (χ0n) is 13.6. The monoisotopic (exact) mass is 348 g/mol. The van der Waals surface area contributed by atoms with Gasteiger partial charge in [0.1, 0.15) is 12.4 Å². The fourth-order valence-corrected chi connectivity index (χ4v) is 2.61. The number of carboxylic acids is 1. The predicted octanol–water partition coefficient (Wildman–Crippen LogP) is 3.61. The van der Waals surface area contributed by atoms with Crippen LogP contribution >= 0.6 is 11.6 Å². The highest BCUT2D eigenvalue weighted by Gasteiger charge is 2.13. The number of halogens is 1. The van der Waals surface area contributed by atoms with E-state index in [1.165, 1.54) is 0 Å². The Kier molecular flexibility index (Phi) is 7.03. The molecule has 0 unspecified atom stereocenters. The molecule has 5 nitrogen and oxygen atoms in total. The Labute approximate surface area is 146 Å².